The highest BCUT2D eigenvalue weighted by Gasteiger charge is 2.39. The maximum Gasteiger partial charge on any atom is 0.123 e. The van der Waals surface area contributed by atoms with Gasteiger partial charge in [-0.3, -0.25) is 0 Å². The molecule has 8 aromatic rings. The van der Waals surface area contributed by atoms with Gasteiger partial charge in [0.05, 0.1) is 114 Å². The van der Waals surface area contributed by atoms with E-state index >= 15 is 0 Å². The van der Waals surface area contributed by atoms with E-state index < -0.39 is 29.2 Å². The van der Waals surface area contributed by atoms with Crippen molar-refractivity contribution in [3.05, 3.63) is 157 Å². The standard InChI is InChI=1S/C53H63O12P3.C17H20O4.C5H9Br3/c1-53(32-66(47-20-35(54-2)14-36(21-47)55-3)48-22-37(56-4)15-38(23-48)57-5,33-67(49-24-39(58-6)16-40(25-49)59-7)50-26-41(60-8)17-42(27-50)61-9)34-68(51-28-43(62-10)18-44(29-51)63-11)52-30-45(64-12)19-46(31-52)65-13;1-18-14-6-12(7-15(10-14)19-2)5-13-8-16(20-3)11-17(9-13)21-4;1-5(2-6,3-7)4-8/h14-31H,32-34H2,1-13H3;6-11H,5H2,1-4H3;2-4H2,1H3. The van der Waals surface area contributed by atoms with Crippen molar-refractivity contribution in [3.63, 3.8) is 0 Å². The topological polar surface area (TPSA) is 148 Å². The Morgan fingerprint density at radius 2 is 0.351 bits per heavy atom. The van der Waals surface area contributed by atoms with E-state index in [0.29, 0.717) is 92.9 Å². The van der Waals surface area contributed by atoms with E-state index in [1.165, 1.54) is 0 Å². The van der Waals surface area contributed by atoms with Crippen molar-refractivity contribution >= 4 is 103 Å². The van der Waals surface area contributed by atoms with E-state index in [1.807, 2.05) is 72.8 Å². The van der Waals surface area contributed by atoms with Gasteiger partial charge in [-0.15, -0.1) is 0 Å². The van der Waals surface area contributed by atoms with Crippen LogP contribution in [0.3, 0.4) is 0 Å². The molecular formula is C75H92Br3O16P3. The Bertz CT molecular complexity index is 3090. The first kappa shape index (κ1) is 79.3. The van der Waals surface area contributed by atoms with Gasteiger partial charge in [0.25, 0.3) is 0 Å². The zero-order chi connectivity index (χ0) is 70.8. The van der Waals surface area contributed by atoms with Gasteiger partial charge in [0.15, 0.2) is 0 Å². The Kier molecular flexibility index (Phi) is 32.0. The van der Waals surface area contributed by atoms with Crippen molar-refractivity contribution in [3.8, 4) is 92.0 Å². The fraction of sp³-hybridized carbons (Fsp3) is 0.360. The highest BCUT2D eigenvalue weighted by atomic mass is 79.9. The van der Waals surface area contributed by atoms with Crippen LogP contribution in [-0.4, -0.2) is 148 Å². The second-order valence-corrected chi connectivity index (χ2v) is 31.1. The zero-order valence-electron chi connectivity index (χ0n) is 58.8. The van der Waals surface area contributed by atoms with Crippen LogP contribution < -0.4 is 108 Å². The molecule has 0 amide bonds. The molecule has 0 aliphatic rings. The first-order chi connectivity index (χ1) is 46.7. The monoisotopic (exact) mass is 1580 g/mol. The third-order valence-corrected chi connectivity index (χ3v) is 28.3. The predicted octanol–water partition coefficient (Wildman–Crippen LogP) is 15.0. The molecule has 0 N–H and O–H groups in total. The lowest BCUT2D eigenvalue weighted by molar-refractivity contribution is 0.392. The van der Waals surface area contributed by atoms with Crippen LogP contribution in [-0.2, 0) is 6.42 Å². The Labute approximate surface area is 603 Å². The summed E-state index contributed by atoms with van der Waals surface area (Å²) in [7, 11) is 23.0. The molecule has 0 saturated heterocycles. The fourth-order valence-corrected chi connectivity index (χ4v) is 21.9. The summed E-state index contributed by atoms with van der Waals surface area (Å²) in [6.45, 7) is 4.62. The zero-order valence-corrected chi connectivity index (χ0v) is 66.3. The van der Waals surface area contributed by atoms with Gasteiger partial charge in [-0.2, -0.15) is 0 Å². The van der Waals surface area contributed by atoms with Crippen molar-refractivity contribution in [1.82, 2.24) is 0 Å². The molecule has 8 rings (SSSR count). The van der Waals surface area contributed by atoms with E-state index in [0.717, 1.165) is 88.4 Å². The third kappa shape index (κ3) is 22.7. The van der Waals surface area contributed by atoms with Gasteiger partial charge in [-0.05, 0) is 200 Å². The largest absolute Gasteiger partial charge is 0.497 e. The van der Waals surface area contributed by atoms with E-state index in [4.69, 9.17) is 75.8 Å². The average molecular weight is 1580 g/mol. The molecule has 0 heterocycles. The van der Waals surface area contributed by atoms with Gasteiger partial charge in [0, 0.05) is 64.5 Å². The summed E-state index contributed by atoms with van der Waals surface area (Å²) in [5, 5.41) is 9.47. The molecule has 22 heteroatoms. The van der Waals surface area contributed by atoms with Crippen LogP contribution >= 0.6 is 71.6 Å². The predicted molar refractivity (Wildman–Crippen MR) is 410 cm³/mol. The number of hydrogen-bond donors (Lipinski definition) is 0. The second kappa shape index (κ2) is 39.2. The average Bonchev–Trinajstić information content (AvgIpc) is 0.781. The van der Waals surface area contributed by atoms with E-state index in [9.17, 15) is 0 Å². The van der Waals surface area contributed by atoms with Crippen LogP contribution in [0.5, 0.6) is 92.0 Å². The molecule has 0 saturated carbocycles. The highest BCUT2D eigenvalue weighted by molar-refractivity contribution is 9.10. The maximum atomic E-state index is 5.93. The molecular weight excluding hydrogens is 1490 g/mol. The minimum Gasteiger partial charge on any atom is -0.497 e. The number of benzene rings is 8. The third-order valence-electron chi connectivity index (χ3n) is 15.7. The summed E-state index contributed by atoms with van der Waals surface area (Å²) in [4.78, 5) is 0. The molecule has 0 spiro atoms. The summed E-state index contributed by atoms with van der Waals surface area (Å²) in [6, 6.07) is 48.5. The highest BCUT2D eigenvalue weighted by Crippen LogP contribution is 2.55. The molecule has 0 aromatic heterocycles. The molecule has 0 aliphatic heterocycles. The molecule has 0 unspecified atom stereocenters. The number of rotatable bonds is 33. The molecule has 16 nitrogen and oxygen atoms in total. The summed E-state index contributed by atoms with van der Waals surface area (Å²) in [5.74, 6) is 11.4. The Balaban J connectivity index is 0.000000420. The number of alkyl halides is 3. The lowest BCUT2D eigenvalue weighted by atomic mass is 9.99. The van der Waals surface area contributed by atoms with E-state index in [1.54, 1.807) is 114 Å². The van der Waals surface area contributed by atoms with Gasteiger partial charge in [-0.25, -0.2) is 0 Å². The van der Waals surface area contributed by atoms with E-state index in [-0.39, 0.29) is 0 Å². The van der Waals surface area contributed by atoms with Gasteiger partial charge < -0.3 is 75.8 Å². The molecule has 0 aliphatic carbocycles. The number of halogens is 3. The smallest absolute Gasteiger partial charge is 0.123 e. The Morgan fingerprint density at radius 1 is 0.216 bits per heavy atom. The summed E-state index contributed by atoms with van der Waals surface area (Å²) in [5.41, 5.74) is 2.07. The molecule has 0 fully saturated rings. The minimum absolute atomic E-state index is 0.375. The summed E-state index contributed by atoms with van der Waals surface area (Å²) in [6.07, 6.45) is 2.81. The van der Waals surface area contributed by atoms with Crippen molar-refractivity contribution in [2.45, 2.75) is 20.3 Å². The lowest BCUT2D eigenvalue weighted by Crippen LogP contribution is -2.37. The van der Waals surface area contributed by atoms with Crippen LogP contribution in [0.25, 0.3) is 0 Å². The van der Waals surface area contributed by atoms with Crippen LogP contribution in [0.2, 0.25) is 0 Å². The molecule has 8 aromatic carbocycles. The second-order valence-electron chi connectivity index (χ2n) is 22.8. The number of methoxy groups -OCH3 is 16. The van der Waals surface area contributed by atoms with Crippen molar-refractivity contribution in [1.29, 1.82) is 0 Å². The number of ether oxygens (including phenoxy) is 16. The quantitative estimate of drug-likeness (QED) is 0.0283. The summed E-state index contributed by atoms with van der Waals surface area (Å²) < 4.78 is 92.4. The number of hydrogen-bond acceptors (Lipinski definition) is 16. The Morgan fingerprint density at radius 3 is 0.464 bits per heavy atom. The van der Waals surface area contributed by atoms with Gasteiger partial charge in [0.1, 0.15) is 92.0 Å². The molecule has 0 bridgehead atoms. The fourth-order valence-electron chi connectivity index (χ4n) is 10.3. The van der Waals surface area contributed by atoms with Gasteiger partial charge in [-0.1, -0.05) is 61.6 Å². The van der Waals surface area contributed by atoms with Crippen LogP contribution in [0.4, 0.5) is 0 Å². The molecule has 0 atom stereocenters. The van der Waals surface area contributed by atoms with Crippen molar-refractivity contribution < 1.29 is 75.8 Å². The molecule has 524 valence electrons. The van der Waals surface area contributed by atoms with Crippen LogP contribution in [0.1, 0.15) is 25.0 Å². The first-order valence-corrected chi connectivity index (χ1v) is 38.5. The minimum atomic E-state index is -1.23. The SMILES string of the molecule is CC(CBr)(CBr)CBr.COc1cc(Cc2cc(OC)cc(OC)c2)cc(OC)c1.COc1cc(OC)cc(P(CC(C)(CP(c2cc(OC)cc(OC)c2)c2cc(OC)cc(OC)c2)CP(c2cc(OC)cc(OC)c2)c2cc(OC)cc(OC)c2)c2cc(OC)cc(OC)c2)c1. The van der Waals surface area contributed by atoms with Crippen molar-refractivity contribution in [2.24, 2.45) is 10.8 Å². The van der Waals surface area contributed by atoms with Gasteiger partial charge in [0.2, 0.25) is 0 Å². The summed E-state index contributed by atoms with van der Waals surface area (Å²) >= 11 is 10.3. The van der Waals surface area contributed by atoms with Gasteiger partial charge >= 0.3 is 0 Å². The van der Waals surface area contributed by atoms with Crippen LogP contribution in [0.15, 0.2) is 146 Å². The first-order valence-electron chi connectivity index (χ1n) is 30.6. The maximum absolute atomic E-state index is 5.93. The normalized spacial score (nSPS) is 11.1. The lowest BCUT2D eigenvalue weighted by Gasteiger charge is -2.40. The Hall–Kier alpha value is -6.71. The van der Waals surface area contributed by atoms with Crippen LogP contribution in [0, 0.1) is 10.8 Å². The molecule has 0 radical (unpaired) electrons. The van der Waals surface area contributed by atoms with Crippen molar-refractivity contribution in [2.75, 3.05) is 148 Å². The molecule has 97 heavy (non-hydrogen) atoms. The van der Waals surface area contributed by atoms with E-state index in [2.05, 4.69) is 134 Å².